The number of imidazole rings is 1. The summed E-state index contributed by atoms with van der Waals surface area (Å²) in [5, 5.41) is 8.58. The number of rotatable bonds is 2. The SMILES string of the molecule is c1ccc(-n2c3ccccc3c3c2ccc2c4cc5c(cc4n(-c4ccccc4)c23)c2ccccc2c2nccn52)cc1. The van der Waals surface area contributed by atoms with Crippen molar-refractivity contribution >= 4 is 70.9 Å². The van der Waals surface area contributed by atoms with Crippen molar-refractivity contribution in [1.29, 1.82) is 0 Å². The predicted octanol–water partition coefficient (Wildman–Crippen LogP) is 9.83. The Hall–Kier alpha value is -5.87. The van der Waals surface area contributed by atoms with Crippen molar-refractivity contribution in [2.24, 2.45) is 0 Å². The Morgan fingerprint density at radius 3 is 1.84 bits per heavy atom. The van der Waals surface area contributed by atoms with Gasteiger partial charge in [-0.15, -0.1) is 0 Å². The van der Waals surface area contributed by atoms with Gasteiger partial charge in [-0.1, -0.05) is 84.9 Å². The molecular formula is C39H24N4. The van der Waals surface area contributed by atoms with E-state index in [-0.39, 0.29) is 0 Å². The molecule has 0 radical (unpaired) electrons. The second-order valence-electron chi connectivity index (χ2n) is 11.3. The van der Waals surface area contributed by atoms with Crippen LogP contribution in [-0.2, 0) is 0 Å². The summed E-state index contributed by atoms with van der Waals surface area (Å²) in [7, 11) is 0. The molecule has 0 saturated heterocycles. The first kappa shape index (κ1) is 22.8. The van der Waals surface area contributed by atoms with E-state index in [9.17, 15) is 0 Å². The maximum Gasteiger partial charge on any atom is 0.145 e. The van der Waals surface area contributed by atoms with Gasteiger partial charge in [0.25, 0.3) is 0 Å². The average molecular weight is 549 g/mol. The van der Waals surface area contributed by atoms with Crippen LogP contribution in [0.4, 0.5) is 0 Å². The molecule has 0 N–H and O–H groups in total. The van der Waals surface area contributed by atoms with E-state index in [2.05, 4.69) is 153 Å². The lowest BCUT2D eigenvalue weighted by Crippen LogP contribution is -1.95. The van der Waals surface area contributed by atoms with Crippen LogP contribution in [0.1, 0.15) is 0 Å². The molecule has 4 heteroatoms. The minimum atomic E-state index is 0.988. The highest BCUT2D eigenvalue weighted by Gasteiger charge is 2.22. The Bertz CT molecular complexity index is 2710. The lowest BCUT2D eigenvalue weighted by Gasteiger charge is -2.11. The molecule has 0 bridgehead atoms. The molecule has 0 aliphatic heterocycles. The molecule has 6 aromatic carbocycles. The Balaban J connectivity index is 1.48. The molecule has 0 atom stereocenters. The summed E-state index contributed by atoms with van der Waals surface area (Å²) >= 11 is 0. The van der Waals surface area contributed by atoms with E-state index in [0.717, 1.165) is 27.9 Å². The van der Waals surface area contributed by atoms with Gasteiger partial charge in [-0.25, -0.2) is 4.98 Å². The smallest absolute Gasteiger partial charge is 0.145 e. The summed E-state index contributed by atoms with van der Waals surface area (Å²) in [5.74, 6) is 0. The van der Waals surface area contributed by atoms with Crippen molar-refractivity contribution < 1.29 is 0 Å². The molecule has 0 saturated carbocycles. The van der Waals surface area contributed by atoms with Gasteiger partial charge in [-0.3, -0.25) is 4.40 Å². The molecule has 10 aromatic rings. The molecule has 43 heavy (non-hydrogen) atoms. The molecule has 4 nitrogen and oxygen atoms in total. The number of fused-ring (bicyclic) bond motifs is 13. The van der Waals surface area contributed by atoms with Gasteiger partial charge in [0.15, 0.2) is 0 Å². The first-order valence-electron chi connectivity index (χ1n) is 14.7. The number of pyridine rings is 1. The summed E-state index contributed by atoms with van der Waals surface area (Å²) in [5.41, 5.74) is 9.30. The monoisotopic (exact) mass is 548 g/mol. The van der Waals surface area contributed by atoms with E-state index in [1.165, 1.54) is 54.4 Å². The van der Waals surface area contributed by atoms with Gasteiger partial charge in [0.1, 0.15) is 5.65 Å². The molecule has 0 amide bonds. The first-order valence-corrected chi connectivity index (χ1v) is 14.7. The lowest BCUT2D eigenvalue weighted by molar-refractivity contribution is 1.17. The van der Waals surface area contributed by atoms with Crippen LogP contribution in [-0.4, -0.2) is 18.5 Å². The van der Waals surface area contributed by atoms with Crippen LogP contribution in [0.2, 0.25) is 0 Å². The molecule has 0 spiro atoms. The normalized spacial score (nSPS) is 12.2. The number of hydrogen-bond donors (Lipinski definition) is 0. The predicted molar refractivity (Wildman–Crippen MR) is 179 cm³/mol. The Morgan fingerprint density at radius 1 is 0.419 bits per heavy atom. The minimum Gasteiger partial charge on any atom is -0.309 e. The standard InChI is InChI=1S/C39H24N4/c1-3-11-25(12-4-1)42-33-18-10-9-17-30(33)37-34(42)20-19-28-32-23-35-31(24-36(32)43(38(28)37)26-13-5-2-6-14-26)27-15-7-8-16-29(27)39-40-21-22-41(35)39/h1-24H. The summed E-state index contributed by atoms with van der Waals surface area (Å²) in [6.07, 6.45) is 3.98. The lowest BCUT2D eigenvalue weighted by atomic mass is 10.0. The van der Waals surface area contributed by atoms with E-state index in [4.69, 9.17) is 4.98 Å². The van der Waals surface area contributed by atoms with Crippen molar-refractivity contribution in [3.05, 3.63) is 146 Å². The third-order valence-electron chi connectivity index (χ3n) is 9.07. The van der Waals surface area contributed by atoms with E-state index in [0.29, 0.717) is 0 Å². The summed E-state index contributed by atoms with van der Waals surface area (Å²) in [6, 6.07) is 48.3. The molecule has 10 rings (SSSR count). The van der Waals surface area contributed by atoms with Crippen molar-refractivity contribution in [1.82, 2.24) is 18.5 Å². The molecule has 4 heterocycles. The fourth-order valence-electron chi connectivity index (χ4n) is 7.32. The van der Waals surface area contributed by atoms with Crippen molar-refractivity contribution in [2.45, 2.75) is 0 Å². The quantitative estimate of drug-likeness (QED) is 0.198. The minimum absolute atomic E-state index is 0.988. The summed E-state index contributed by atoms with van der Waals surface area (Å²) in [6.45, 7) is 0. The molecule has 0 fully saturated rings. The van der Waals surface area contributed by atoms with Crippen LogP contribution in [0.3, 0.4) is 0 Å². The molecular weight excluding hydrogens is 524 g/mol. The topological polar surface area (TPSA) is 27.2 Å². The number of para-hydroxylation sites is 3. The van der Waals surface area contributed by atoms with Crippen molar-refractivity contribution in [3.8, 4) is 11.4 Å². The number of aromatic nitrogens is 4. The maximum absolute atomic E-state index is 4.75. The fraction of sp³-hybridized carbons (Fsp3) is 0. The summed E-state index contributed by atoms with van der Waals surface area (Å²) in [4.78, 5) is 4.75. The van der Waals surface area contributed by atoms with Gasteiger partial charge in [0.05, 0.1) is 27.6 Å². The van der Waals surface area contributed by atoms with Crippen LogP contribution >= 0.6 is 0 Å². The number of hydrogen-bond acceptors (Lipinski definition) is 1. The van der Waals surface area contributed by atoms with Crippen LogP contribution in [0.15, 0.2) is 146 Å². The van der Waals surface area contributed by atoms with Gasteiger partial charge in [0, 0.05) is 56.1 Å². The highest BCUT2D eigenvalue weighted by molar-refractivity contribution is 6.28. The van der Waals surface area contributed by atoms with Gasteiger partial charge in [0.2, 0.25) is 0 Å². The molecule has 0 unspecified atom stereocenters. The van der Waals surface area contributed by atoms with Gasteiger partial charge in [-0.2, -0.15) is 0 Å². The van der Waals surface area contributed by atoms with Crippen LogP contribution in [0.5, 0.6) is 0 Å². The van der Waals surface area contributed by atoms with Crippen molar-refractivity contribution in [3.63, 3.8) is 0 Å². The number of benzene rings is 6. The third kappa shape index (κ3) is 2.97. The molecule has 200 valence electrons. The Morgan fingerprint density at radius 2 is 1.05 bits per heavy atom. The zero-order valence-corrected chi connectivity index (χ0v) is 23.1. The molecule has 0 aliphatic carbocycles. The van der Waals surface area contributed by atoms with E-state index >= 15 is 0 Å². The molecule has 4 aromatic heterocycles. The fourth-order valence-corrected chi connectivity index (χ4v) is 7.32. The van der Waals surface area contributed by atoms with Crippen LogP contribution < -0.4 is 0 Å². The van der Waals surface area contributed by atoms with E-state index in [1.54, 1.807) is 0 Å². The van der Waals surface area contributed by atoms with E-state index in [1.807, 2.05) is 6.20 Å². The Kier molecular flexibility index (Phi) is 4.42. The van der Waals surface area contributed by atoms with Gasteiger partial charge in [-0.05, 0) is 53.9 Å². The van der Waals surface area contributed by atoms with E-state index < -0.39 is 0 Å². The van der Waals surface area contributed by atoms with Crippen molar-refractivity contribution in [2.75, 3.05) is 0 Å². The highest BCUT2D eigenvalue weighted by Crippen LogP contribution is 2.43. The number of nitrogens with zero attached hydrogens (tertiary/aromatic N) is 4. The third-order valence-corrected chi connectivity index (χ3v) is 9.07. The zero-order valence-electron chi connectivity index (χ0n) is 23.1. The highest BCUT2D eigenvalue weighted by atomic mass is 15.0. The first-order chi connectivity index (χ1) is 21.4. The maximum atomic E-state index is 4.75. The van der Waals surface area contributed by atoms with Gasteiger partial charge >= 0.3 is 0 Å². The molecule has 0 aliphatic rings. The van der Waals surface area contributed by atoms with Crippen LogP contribution in [0.25, 0.3) is 82.3 Å². The van der Waals surface area contributed by atoms with Crippen LogP contribution in [0, 0.1) is 0 Å². The average Bonchev–Trinajstić information content (AvgIpc) is 3.78. The zero-order chi connectivity index (χ0) is 28.1. The Labute approximate surface area is 246 Å². The second kappa shape index (κ2) is 8.34. The largest absolute Gasteiger partial charge is 0.309 e. The summed E-state index contributed by atoms with van der Waals surface area (Å²) < 4.78 is 7.11. The second-order valence-corrected chi connectivity index (χ2v) is 11.3. The van der Waals surface area contributed by atoms with Gasteiger partial charge < -0.3 is 9.13 Å².